The molecule has 3 N–H and O–H groups in total. The summed E-state index contributed by atoms with van der Waals surface area (Å²) < 4.78 is 23.4. The van der Waals surface area contributed by atoms with Gasteiger partial charge < -0.3 is 15.1 Å². The number of amides is 1. The maximum atomic E-state index is 12.4. The molecule has 0 aromatic heterocycles. The number of benzene rings is 4. The molecule has 8 heteroatoms. The molecule has 296 valence electrons. The summed E-state index contributed by atoms with van der Waals surface area (Å²) in [5.74, 6) is -0.0311. The highest BCUT2D eigenvalue weighted by molar-refractivity contribution is 7.89. The van der Waals surface area contributed by atoms with E-state index in [1.54, 1.807) is 4.90 Å². The van der Waals surface area contributed by atoms with Crippen molar-refractivity contribution in [2.24, 2.45) is 5.14 Å². The van der Waals surface area contributed by atoms with Gasteiger partial charge in [-0.15, -0.1) is 0 Å². The van der Waals surface area contributed by atoms with E-state index in [0.717, 1.165) is 66.9 Å². The molecule has 0 radical (unpaired) electrons. The van der Waals surface area contributed by atoms with Crippen molar-refractivity contribution in [3.63, 3.8) is 0 Å². The molecule has 1 aliphatic heterocycles. The molecule has 0 bridgehead atoms. The van der Waals surface area contributed by atoms with Gasteiger partial charge >= 0.3 is 0 Å². The number of primary sulfonamides is 1. The first-order valence-electron chi connectivity index (χ1n) is 20.3. The van der Waals surface area contributed by atoms with Crippen LogP contribution < -0.4 is 15.4 Å². The third-order valence-corrected chi connectivity index (χ3v) is 12.5. The number of carbonyl (C=O) groups excluding carboxylic acids is 1. The number of nitrogens with two attached hydrogens (primary N) is 1. The van der Waals surface area contributed by atoms with E-state index in [9.17, 15) is 13.2 Å². The van der Waals surface area contributed by atoms with Gasteiger partial charge in [-0.05, 0) is 106 Å². The molecular formula is C48H60N4O3S. The predicted octanol–water partition coefficient (Wildman–Crippen LogP) is 10.6. The Labute approximate surface area is 335 Å². The number of anilines is 2. The lowest BCUT2D eigenvalue weighted by Crippen LogP contribution is -2.27. The molecule has 0 saturated carbocycles. The molecule has 1 aliphatic carbocycles. The first-order chi connectivity index (χ1) is 26.8. The maximum Gasteiger partial charge on any atom is 0.213 e. The highest BCUT2D eigenvalue weighted by Gasteiger charge is 2.41. The minimum atomic E-state index is -3.52. The Kier molecular flexibility index (Phi) is 12.6. The van der Waals surface area contributed by atoms with Gasteiger partial charge in [-0.25, -0.2) is 13.6 Å². The lowest BCUT2D eigenvalue weighted by atomic mass is 9.77. The van der Waals surface area contributed by atoms with Crippen molar-refractivity contribution in [1.29, 1.82) is 0 Å². The molecule has 1 amide bonds. The zero-order chi connectivity index (χ0) is 40.1. The summed E-state index contributed by atoms with van der Waals surface area (Å²) >= 11 is 0. The first-order valence-corrected chi connectivity index (χ1v) is 22.0. The molecule has 6 rings (SSSR count). The van der Waals surface area contributed by atoms with Crippen LogP contribution in [0.15, 0.2) is 120 Å². The average Bonchev–Trinajstić information content (AvgIpc) is 3.67. The summed E-state index contributed by atoms with van der Waals surface area (Å²) in [7, 11) is -1.68. The van der Waals surface area contributed by atoms with Crippen molar-refractivity contribution in [3.8, 4) is 0 Å². The molecule has 0 spiro atoms. The summed E-state index contributed by atoms with van der Waals surface area (Å²) in [6.07, 6.45) is 17.1. The highest BCUT2D eigenvalue weighted by Crippen LogP contribution is 2.51. The second-order valence-electron chi connectivity index (χ2n) is 16.7. The maximum absolute atomic E-state index is 12.4. The number of allylic oxidation sites excluding steroid dienone is 7. The van der Waals surface area contributed by atoms with E-state index in [1.165, 1.54) is 51.2 Å². The number of fused-ring (bicyclic) bond motifs is 4. The van der Waals surface area contributed by atoms with Gasteiger partial charge in [-0.2, -0.15) is 0 Å². The number of sulfonamides is 1. The van der Waals surface area contributed by atoms with Crippen LogP contribution in [0.3, 0.4) is 0 Å². The molecule has 56 heavy (non-hydrogen) atoms. The van der Waals surface area contributed by atoms with Crippen LogP contribution in [0.4, 0.5) is 11.4 Å². The molecule has 2 aliphatic rings. The van der Waals surface area contributed by atoms with Crippen LogP contribution >= 0.6 is 0 Å². The fourth-order valence-electron chi connectivity index (χ4n) is 8.92. The highest BCUT2D eigenvalue weighted by atomic mass is 32.2. The molecule has 0 atom stereocenters. The number of rotatable bonds is 17. The van der Waals surface area contributed by atoms with Crippen molar-refractivity contribution >= 4 is 49.4 Å². The Morgan fingerprint density at radius 1 is 0.893 bits per heavy atom. The van der Waals surface area contributed by atoms with Gasteiger partial charge in [-0.1, -0.05) is 126 Å². The number of carbonyl (C=O) groups is 1. The fourth-order valence-corrected chi connectivity index (χ4v) is 9.52. The van der Waals surface area contributed by atoms with Crippen LogP contribution in [0.5, 0.6) is 0 Å². The van der Waals surface area contributed by atoms with E-state index in [-0.39, 0.29) is 16.6 Å². The van der Waals surface area contributed by atoms with Crippen molar-refractivity contribution in [1.82, 2.24) is 4.90 Å². The Morgan fingerprint density at radius 3 is 2.30 bits per heavy atom. The molecule has 0 saturated heterocycles. The molecule has 4 aromatic carbocycles. The second kappa shape index (κ2) is 17.2. The van der Waals surface area contributed by atoms with Crippen LogP contribution in [0, 0.1) is 0 Å². The van der Waals surface area contributed by atoms with Crippen molar-refractivity contribution in [3.05, 3.63) is 131 Å². The van der Waals surface area contributed by atoms with Crippen LogP contribution in [0.2, 0.25) is 0 Å². The van der Waals surface area contributed by atoms with Gasteiger partial charge in [0.05, 0.1) is 5.75 Å². The molecule has 4 aromatic rings. The molecular weight excluding hydrogens is 713 g/mol. The Morgan fingerprint density at radius 2 is 1.59 bits per heavy atom. The van der Waals surface area contributed by atoms with Crippen LogP contribution in [0.1, 0.15) is 97.1 Å². The number of hydrogen-bond donors (Lipinski definition) is 2. The summed E-state index contributed by atoms with van der Waals surface area (Å²) in [6.45, 7) is 13.1. The van der Waals surface area contributed by atoms with Gasteiger partial charge in [0.15, 0.2) is 0 Å². The second-order valence-corrected chi connectivity index (χ2v) is 18.4. The summed E-state index contributed by atoms with van der Waals surface area (Å²) in [5.41, 5.74) is 8.93. The van der Waals surface area contributed by atoms with Crippen molar-refractivity contribution in [2.75, 3.05) is 36.1 Å². The normalized spacial score (nSPS) is 17.2. The van der Waals surface area contributed by atoms with E-state index in [4.69, 9.17) is 5.14 Å². The summed E-state index contributed by atoms with van der Waals surface area (Å²) in [5, 5.41) is 14.1. The fraction of sp³-hybridized carbons (Fsp3) is 0.396. The Hall–Kier alpha value is -4.66. The van der Waals surface area contributed by atoms with E-state index >= 15 is 0 Å². The van der Waals surface area contributed by atoms with Gasteiger partial charge in [0, 0.05) is 48.3 Å². The van der Waals surface area contributed by atoms with E-state index in [0.29, 0.717) is 19.4 Å². The third kappa shape index (κ3) is 8.82. The van der Waals surface area contributed by atoms with Crippen molar-refractivity contribution < 1.29 is 13.2 Å². The van der Waals surface area contributed by atoms with Crippen LogP contribution in [0.25, 0.3) is 21.5 Å². The van der Waals surface area contributed by atoms with Crippen LogP contribution in [-0.4, -0.2) is 45.6 Å². The predicted molar refractivity (Wildman–Crippen MR) is 237 cm³/mol. The largest absolute Gasteiger partial charge is 0.385 e. The lowest BCUT2D eigenvalue weighted by Gasteiger charge is -2.29. The SMILES string of the molecule is CCCCCNc1ccc2ccccc2c1C(C)(C)C/C=C/C1=C(N(C)C=O)C(=C/C=C2/N(CCCCS(N)(=O)=O)c3ccc4ccccc4c3C2(C)C)/CC1. The van der Waals surface area contributed by atoms with E-state index < -0.39 is 10.0 Å². The number of nitrogens with one attached hydrogen (secondary N) is 1. The quantitative estimate of drug-likeness (QED) is 0.0823. The number of hydrogen-bond acceptors (Lipinski definition) is 5. The summed E-state index contributed by atoms with van der Waals surface area (Å²) in [6, 6.07) is 26.0. The minimum Gasteiger partial charge on any atom is -0.385 e. The van der Waals surface area contributed by atoms with E-state index in [2.05, 4.69) is 142 Å². The number of unbranched alkanes of at least 4 members (excludes halogenated alkanes) is 3. The average molecular weight is 773 g/mol. The molecule has 7 nitrogen and oxygen atoms in total. The van der Waals surface area contributed by atoms with Gasteiger partial charge in [-0.3, -0.25) is 4.79 Å². The van der Waals surface area contributed by atoms with Gasteiger partial charge in [0.1, 0.15) is 0 Å². The zero-order valence-electron chi connectivity index (χ0n) is 34.2. The van der Waals surface area contributed by atoms with Crippen LogP contribution in [-0.2, 0) is 25.6 Å². The Bertz CT molecular complexity index is 2320. The number of likely N-dealkylation sites (N-methyl/N-ethyl adjacent to an activating group) is 1. The van der Waals surface area contributed by atoms with Crippen molar-refractivity contribution in [2.45, 2.75) is 96.8 Å². The lowest BCUT2D eigenvalue weighted by molar-refractivity contribution is -0.115. The molecule has 0 fully saturated rings. The standard InChI is InChI=1S/C48H60N4O3S/c1-7-8-13-31-50-41-27-24-35-17-9-11-20-39(35)44(41)47(2,3)30-16-19-37-22-23-38(46(37)51(6)34-53)26-29-43-48(4,5)45-40-21-12-10-18-36(40)25-28-42(45)52(43)32-14-15-33-56(49,54)55/h9-12,16-21,24-29,34,50H,7-8,13-15,22-23,30-33H2,1-6H3,(H2,49,54,55)/b19-16+,38-26+,43-29+. The molecule has 1 heterocycles. The first kappa shape index (κ1) is 41.0. The zero-order valence-corrected chi connectivity index (χ0v) is 35.0. The third-order valence-electron chi connectivity index (χ3n) is 11.7. The topological polar surface area (TPSA) is 95.7 Å². The van der Waals surface area contributed by atoms with Gasteiger partial charge in [0.25, 0.3) is 0 Å². The number of nitrogens with zero attached hydrogens (tertiary/aromatic N) is 2. The smallest absolute Gasteiger partial charge is 0.213 e. The monoisotopic (exact) mass is 772 g/mol. The summed E-state index contributed by atoms with van der Waals surface area (Å²) in [4.78, 5) is 16.4. The van der Waals surface area contributed by atoms with Gasteiger partial charge in [0.2, 0.25) is 16.4 Å². The Balaban J connectivity index is 1.32. The molecule has 0 unspecified atom stereocenters. The minimum absolute atomic E-state index is 0.0311. The van der Waals surface area contributed by atoms with E-state index in [1.807, 2.05) is 7.05 Å².